The van der Waals surface area contributed by atoms with E-state index in [1.54, 1.807) is 0 Å². The van der Waals surface area contributed by atoms with Crippen LogP contribution in [-0.4, -0.2) is 18.5 Å². The molecule has 1 aliphatic rings. The first-order chi connectivity index (χ1) is 12.8. The fraction of sp³-hybridized carbons (Fsp3) is 0.409. The van der Waals surface area contributed by atoms with Crippen molar-refractivity contribution in [3.05, 3.63) is 71.3 Å². The smallest absolute Gasteiger partial charge is 0.191 e. The Hall–Kier alpha value is -1.60. The normalized spacial score (nSPS) is 18.5. The van der Waals surface area contributed by atoms with Gasteiger partial charge >= 0.3 is 0 Å². The van der Waals surface area contributed by atoms with E-state index in [1.807, 2.05) is 18.2 Å². The van der Waals surface area contributed by atoms with Gasteiger partial charge in [0.15, 0.2) is 5.96 Å². The first-order valence-corrected chi connectivity index (χ1v) is 9.49. The van der Waals surface area contributed by atoms with Crippen LogP contribution in [0.15, 0.2) is 59.6 Å². The van der Waals surface area contributed by atoms with Gasteiger partial charge in [-0.15, -0.1) is 24.0 Å². The average molecular weight is 479 g/mol. The predicted molar refractivity (Wildman–Crippen MR) is 122 cm³/mol. The molecule has 146 valence electrons. The summed E-state index contributed by atoms with van der Waals surface area (Å²) in [5.41, 5.74) is 3.60. The molecule has 5 heteroatoms. The van der Waals surface area contributed by atoms with Crippen LogP contribution >= 0.6 is 24.0 Å². The van der Waals surface area contributed by atoms with Crippen LogP contribution in [0.2, 0.25) is 0 Å². The van der Waals surface area contributed by atoms with Gasteiger partial charge in [0.1, 0.15) is 0 Å². The largest absolute Gasteiger partial charge is 0.372 e. The highest BCUT2D eigenvalue weighted by Crippen LogP contribution is 2.28. The number of hydrogen-bond donors (Lipinski definition) is 2. The SMILES string of the molecule is CCNC(=NCc1ccccc1COCc1ccccc1)NC1CC1C.I. The molecule has 2 unspecified atom stereocenters. The minimum absolute atomic E-state index is 0. The molecule has 2 N–H and O–H groups in total. The summed E-state index contributed by atoms with van der Waals surface area (Å²) in [7, 11) is 0. The highest BCUT2D eigenvalue weighted by molar-refractivity contribution is 14.0. The molecule has 0 radical (unpaired) electrons. The third kappa shape index (κ3) is 7.14. The van der Waals surface area contributed by atoms with E-state index < -0.39 is 0 Å². The lowest BCUT2D eigenvalue weighted by atomic mass is 10.1. The Morgan fingerprint density at radius 1 is 1.04 bits per heavy atom. The monoisotopic (exact) mass is 479 g/mol. The number of aliphatic imine (C=N–C) groups is 1. The molecule has 0 spiro atoms. The van der Waals surface area contributed by atoms with Crippen molar-refractivity contribution in [1.29, 1.82) is 0 Å². The highest BCUT2D eigenvalue weighted by atomic mass is 127. The first-order valence-electron chi connectivity index (χ1n) is 9.49. The maximum Gasteiger partial charge on any atom is 0.191 e. The van der Waals surface area contributed by atoms with E-state index >= 15 is 0 Å². The summed E-state index contributed by atoms with van der Waals surface area (Å²) in [5, 5.41) is 6.84. The van der Waals surface area contributed by atoms with Gasteiger partial charge in [-0.05, 0) is 36.0 Å². The van der Waals surface area contributed by atoms with Crippen molar-refractivity contribution in [3.63, 3.8) is 0 Å². The first kappa shape index (κ1) is 21.7. The number of halogens is 1. The number of ether oxygens (including phenoxy) is 1. The van der Waals surface area contributed by atoms with E-state index in [-0.39, 0.29) is 24.0 Å². The molecule has 4 nitrogen and oxygen atoms in total. The molecule has 0 bridgehead atoms. The standard InChI is InChI=1S/C22H29N3O.HI/c1-3-23-22(25-21-13-17(21)2)24-14-19-11-7-8-12-20(19)16-26-15-18-9-5-4-6-10-18;/h4-12,17,21H,3,13-16H2,1-2H3,(H2,23,24,25);1H. The molecule has 0 amide bonds. The second-order valence-electron chi connectivity index (χ2n) is 6.91. The highest BCUT2D eigenvalue weighted by Gasteiger charge is 2.33. The topological polar surface area (TPSA) is 45.7 Å². The van der Waals surface area contributed by atoms with Crippen LogP contribution in [0.25, 0.3) is 0 Å². The lowest BCUT2D eigenvalue weighted by molar-refractivity contribution is 0.106. The molecule has 0 heterocycles. The summed E-state index contributed by atoms with van der Waals surface area (Å²) in [6.45, 7) is 7.11. The Labute approximate surface area is 179 Å². The van der Waals surface area contributed by atoms with E-state index in [4.69, 9.17) is 9.73 Å². The molecule has 0 saturated heterocycles. The molecule has 2 aromatic carbocycles. The van der Waals surface area contributed by atoms with Gasteiger partial charge in [-0.3, -0.25) is 0 Å². The van der Waals surface area contributed by atoms with E-state index in [9.17, 15) is 0 Å². The number of rotatable bonds is 8. The fourth-order valence-electron chi connectivity index (χ4n) is 2.89. The van der Waals surface area contributed by atoms with Crippen LogP contribution in [0.4, 0.5) is 0 Å². The van der Waals surface area contributed by atoms with E-state index in [0.29, 0.717) is 25.8 Å². The van der Waals surface area contributed by atoms with Crippen molar-refractivity contribution in [2.75, 3.05) is 6.54 Å². The lowest BCUT2D eigenvalue weighted by Crippen LogP contribution is -2.39. The van der Waals surface area contributed by atoms with Gasteiger partial charge in [0.05, 0.1) is 19.8 Å². The quantitative estimate of drug-likeness (QED) is 0.333. The van der Waals surface area contributed by atoms with Crippen molar-refractivity contribution >= 4 is 29.9 Å². The van der Waals surface area contributed by atoms with E-state index in [1.165, 1.54) is 23.1 Å². The second-order valence-corrected chi connectivity index (χ2v) is 6.91. The molecule has 2 aromatic rings. The lowest BCUT2D eigenvalue weighted by Gasteiger charge is -2.12. The summed E-state index contributed by atoms with van der Waals surface area (Å²) < 4.78 is 5.91. The molecule has 2 atom stereocenters. The fourth-order valence-corrected chi connectivity index (χ4v) is 2.89. The number of benzene rings is 2. The Morgan fingerprint density at radius 3 is 2.37 bits per heavy atom. The maximum absolute atomic E-state index is 5.91. The van der Waals surface area contributed by atoms with Crippen molar-refractivity contribution in [2.45, 2.75) is 46.1 Å². The molecule has 0 aliphatic heterocycles. The van der Waals surface area contributed by atoms with Crippen LogP contribution in [0.1, 0.15) is 37.0 Å². The van der Waals surface area contributed by atoms with Crippen molar-refractivity contribution in [2.24, 2.45) is 10.9 Å². The van der Waals surface area contributed by atoms with Gasteiger partial charge in [-0.2, -0.15) is 0 Å². The average Bonchev–Trinajstić information content (AvgIpc) is 3.36. The molecule has 1 fully saturated rings. The Kier molecular flexibility index (Phi) is 9.07. The summed E-state index contributed by atoms with van der Waals surface area (Å²) in [4.78, 5) is 4.76. The van der Waals surface area contributed by atoms with Gasteiger partial charge < -0.3 is 15.4 Å². The Balaban J connectivity index is 0.00000261. The van der Waals surface area contributed by atoms with Crippen molar-refractivity contribution < 1.29 is 4.74 Å². The van der Waals surface area contributed by atoms with Gasteiger partial charge in [0.25, 0.3) is 0 Å². The molecular formula is C22H30IN3O. The minimum atomic E-state index is 0. The van der Waals surface area contributed by atoms with Gasteiger partial charge in [0.2, 0.25) is 0 Å². The van der Waals surface area contributed by atoms with Crippen molar-refractivity contribution in [3.8, 4) is 0 Å². The predicted octanol–water partition coefficient (Wildman–Crippen LogP) is 4.48. The minimum Gasteiger partial charge on any atom is -0.372 e. The molecular weight excluding hydrogens is 449 g/mol. The number of hydrogen-bond acceptors (Lipinski definition) is 2. The van der Waals surface area contributed by atoms with Crippen LogP contribution in [-0.2, 0) is 24.5 Å². The summed E-state index contributed by atoms with van der Waals surface area (Å²) >= 11 is 0. The Bertz CT molecular complexity index is 721. The van der Waals surface area contributed by atoms with E-state index in [0.717, 1.165) is 18.4 Å². The number of guanidine groups is 1. The molecule has 1 saturated carbocycles. The molecule has 3 rings (SSSR count). The molecule has 27 heavy (non-hydrogen) atoms. The van der Waals surface area contributed by atoms with Crippen molar-refractivity contribution in [1.82, 2.24) is 10.6 Å². The summed E-state index contributed by atoms with van der Waals surface area (Å²) in [6.07, 6.45) is 1.23. The summed E-state index contributed by atoms with van der Waals surface area (Å²) in [5.74, 6) is 1.65. The summed E-state index contributed by atoms with van der Waals surface area (Å²) in [6, 6.07) is 19.2. The zero-order valence-electron chi connectivity index (χ0n) is 16.2. The number of nitrogens with one attached hydrogen (secondary N) is 2. The van der Waals surface area contributed by atoms with Crippen LogP contribution in [0.5, 0.6) is 0 Å². The number of nitrogens with zero attached hydrogens (tertiary/aromatic N) is 1. The third-order valence-electron chi connectivity index (χ3n) is 4.67. The van der Waals surface area contributed by atoms with Crippen LogP contribution in [0.3, 0.4) is 0 Å². The zero-order valence-corrected chi connectivity index (χ0v) is 18.5. The molecule has 1 aliphatic carbocycles. The third-order valence-corrected chi connectivity index (χ3v) is 4.67. The Morgan fingerprint density at radius 2 is 1.70 bits per heavy atom. The van der Waals surface area contributed by atoms with Gasteiger partial charge in [-0.1, -0.05) is 61.5 Å². The second kappa shape index (κ2) is 11.3. The van der Waals surface area contributed by atoms with Gasteiger partial charge in [-0.25, -0.2) is 4.99 Å². The van der Waals surface area contributed by atoms with Crippen LogP contribution in [0, 0.1) is 5.92 Å². The molecule has 0 aromatic heterocycles. The van der Waals surface area contributed by atoms with Crippen LogP contribution < -0.4 is 10.6 Å². The van der Waals surface area contributed by atoms with E-state index in [2.05, 4.69) is 60.9 Å². The van der Waals surface area contributed by atoms with Gasteiger partial charge in [0, 0.05) is 12.6 Å². The zero-order chi connectivity index (χ0) is 18.2. The maximum atomic E-state index is 5.91.